The molecular formula is C22H24N2O3. The normalized spacial score (nSPS) is 15.2. The number of para-hydroxylation sites is 2. The summed E-state index contributed by atoms with van der Waals surface area (Å²) in [6.07, 6.45) is 4.71. The molecular weight excluding hydrogens is 340 g/mol. The van der Waals surface area contributed by atoms with Crippen molar-refractivity contribution in [2.45, 2.75) is 32.7 Å². The summed E-state index contributed by atoms with van der Waals surface area (Å²) in [6.45, 7) is 4.13. The Bertz CT molecular complexity index is 860. The molecule has 5 nitrogen and oxygen atoms in total. The maximum atomic E-state index is 12.8. The first-order valence-electron chi connectivity index (χ1n) is 9.18. The third kappa shape index (κ3) is 4.37. The minimum Gasteiger partial charge on any atom is -0.491 e. The van der Waals surface area contributed by atoms with Crippen LogP contribution in [0.5, 0.6) is 5.75 Å². The first kappa shape index (κ1) is 18.7. The monoisotopic (exact) mass is 364 g/mol. The second-order valence-electron chi connectivity index (χ2n) is 6.48. The van der Waals surface area contributed by atoms with Gasteiger partial charge in [0.25, 0.3) is 0 Å². The lowest BCUT2D eigenvalue weighted by atomic mass is 9.93. The molecule has 27 heavy (non-hydrogen) atoms. The number of nitrogens with one attached hydrogen (secondary N) is 1. The van der Waals surface area contributed by atoms with E-state index in [0.717, 1.165) is 17.5 Å². The molecule has 3 rings (SSSR count). The Hall–Kier alpha value is -3.08. The van der Waals surface area contributed by atoms with Crippen molar-refractivity contribution in [2.24, 2.45) is 0 Å². The van der Waals surface area contributed by atoms with Crippen LogP contribution in [0.3, 0.4) is 0 Å². The van der Waals surface area contributed by atoms with Crippen LogP contribution in [-0.2, 0) is 9.59 Å². The number of nitrogens with zero attached hydrogens (tertiary/aromatic N) is 1. The number of hydrogen-bond acceptors (Lipinski definition) is 3. The van der Waals surface area contributed by atoms with E-state index in [4.69, 9.17) is 4.74 Å². The lowest BCUT2D eigenvalue weighted by Crippen LogP contribution is -2.33. The first-order chi connectivity index (χ1) is 13.1. The van der Waals surface area contributed by atoms with Gasteiger partial charge in [-0.25, -0.2) is 0 Å². The average molecular weight is 364 g/mol. The molecule has 0 bridgehead atoms. The Morgan fingerprint density at radius 1 is 1.11 bits per heavy atom. The number of anilines is 1. The SMILES string of the molecule is CCCOc1ccccc1NC(=O)CC1c2ccccc2C=CN1C(C)=O. The summed E-state index contributed by atoms with van der Waals surface area (Å²) in [5.74, 6) is 0.397. The van der Waals surface area contributed by atoms with Crippen molar-refractivity contribution in [3.63, 3.8) is 0 Å². The minimum atomic E-state index is -0.326. The van der Waals surface area contributed by atoms with Gasteiger partial charge in [0.2, 0.25) is 11.8 Å². The Morgan fingerprint density at radius 2 is 1.85 bits per heavy atom. The van der Waals surface area contributed by atoms with E-state index in [-0.39, 0.29) is 24.3 Å². The molecule has 0 fully saturated rings. The number of amides is 2. The van der Waals surface area contributed by atoms with Gasteiger partial charge < -0.3 is 15.0 Å². The summed E-state index contributed by atoms with van der Waals surface area (Å²) in [5, 5.41) is 2.93. The van der Waals surface area contributed by atoms with Crippen LogP contribution in [0.1, 0.15) is 43.9 Å². The fourth-order valence-corrected chi connectivity index (χ4v) is 3.20. The highest BCUT2D eigenvalue weighted by Gasteiger charge is 2.28. The predicted molar refractivity (Wildman–Crippen MR) is 106 cm³/mol. The minimum absolute atomic E-state index is 0.0924. The summed E-state index contributed by atoms with van der Waals surface area (Å²) in [7, 11) is 0. The molecule has 2 amide bonds. The molecule has 1 unspecified atom stereocenters. The second kappa shape index (κ2) is 8.54. The molecule has 0 aromatic heterocycles. The van der Waals surface area contributed by atoms with E-state index in [0.29, 0.717) is 18.0 Å². The quantitative estimate of drug-likeness (QED) is 0.828. The van der Waals surface area contributed by atoms with Gasteiger partial charge in [-0.15, -0.1) is 0 Å². The third-order valence-corrected chi connectivity index (χ3v) is 4.47. The van der Waals surface area contributed by atoms with E-state index in [9.17, 15) is 9.59 Å². The zero-order valence-corrected chi connectivity index (χ0v) is 15.6. The van der Waals surface area contributed by atoms with Crippen LogP contribution in [0.4, 0.5) is 5.69 Å². The molecule has 0 saturated carbocycles. The predicted octanol–water partition coefficient (Wildman–Crippen LogP) is 4.38. The van der Waals surface area contributed by atoms with E-state index in [1.54, 1.807) is 11.1 Å². The average Bonchev–Trinajstić information content (AvgIpc) is 2.67. The second-order valence-corrected chi connectivity index (χ2v) is 6.48. The maximum absolute atomic E-state index is 12.8. The van der Waals surface area contributed by atoms with Crippen molar-refractivity contribution in [3.05, 3.63) is 65.9 Å². The Kier molecular flexibility index (Phi) is 5.91. The standard InChI is InChI=1S/C22H24N2O3/c1-3-14-27-21-11-7-6-10-19(21)23-22(26)15-20-18-9-5-4-8-17(18)12-13-24(20)16(2)25/h4-13,20H,3,14-15H2,1-2H3,(H,23,26). The van der Waals surface area contributed by atoms with E-state index < -0.39 is 0 Å². The van der Waals surface area contributed by atoms with Gasteiger partial charge in [0.1, 0.15) is 5.75 Å². The van der Waals surface area contributed by atoms with Gasteiger partial charge in [-0.2, -0.15) is 0 Å². The van der Waals surface area contributed by atoms with E-state index in [1.807, 2.05) is 61.5 Å². The molecule has 5 heteroatoms. The van der Waals surface area contributed by atoms with E-state index in [2.05, 4.69) is 5.32 Å². The highest BCUT2D eigenvalue weighted by atomic mass is 16.5. The topological polar surface area (TPSA) is 58.6 Å². The number of fused-ring (bicyclic) bond motifs is 1. The highest BCUT2D eigenvalue weighted by Crippen LogP contribution is 2.33. The molecule has 1 N–H and O–H groups in total. The van der Waals surface area contributed by atoms with Crippen LogP contribution in [0, 0.1) is 0 Å². The van der Waals surface area contributed by atoms with Gasteiger partial charge >= 0.3 is 0 Å². The van der Waals surface area contributed by atoms with E-state index >= 15 is 0 Å². The van der Waals surface area contributed by atoms with Gasteiger partial charge in [-0.3, -0.25) is 9.59 Å². The van der Waals surface area contributed by atoms with Gasteiger partial charge in [-0.05, 0) is 35.8 Å². The number of carbonyl (C=O) groups is 2. The smallest absolute Gasteiger partial charge is 0.226 e. The van der Waals surface area contributed by atoms with E-state index in [1.165, 1.54) is 6.92 Å². The number of rotatable bonds is 6. The summed E-state index contributed by atoms with van der Waals surface area (Å²) in [6, 6.07) is 14.9. The van der Waals surface area contributed by atoms with Crippen LogP contribution in [0.15, 0.2) is 54.7 Å². The maximum Gasteiger partial charge on any atom is 0.226 e. The lowest BCUT2D eigenvalue weighted by Gasteiger charge is -2.32. The van der Waals surface area contributed by atoms with Gasteiger partial charge in [0, 0.05) is 13.1 Å². The van der Waals surface area contributed by atoms with Gasteiger partial charge in [-0.1, -0.05) is 43.3 Å². The van der Waals surface area contributed by atoms with Crippen LogP contribution >= 0.6 is 0 Å². The zero-order valence-electron chi connectivity index (χ0n) is 15.6. The van der Waals surface area contributed by atoms with Crippen LogP contribution in [-0.4, -0.2) is 23.3 Å². The molecule has 1 heterocycles. The Morgan fingerprint density at radius 3 is 2.63 bits per heavy atom. The van der Waals surface area contributed by atoms with Crippen LogP contribution in [0.25, 0.3) is 6.08 Å². The fourth-order valence-electron chi connectivity index (χ4n) is 3.20. The molecule has 0 aliphatic carbocycles. The van der Waals surface area contributed by atoms with Crippen LogP contribution in [0.2, 0.25) is 0 Å². The number of ether oxygens (including phenoxy) is 1. The lowest BCUT2D eigenvalue weighted by molar-refractivity contribution is -0.129. The largest absolute Gasteiger partial charge is 0.491 e. The molecule has 0 spiro atoms. The first-order valence-corrected chi connectivity index (χ1v) is 9.18. The summed E-state index contributed by atoms with van der Waals surface area (Å²) in [5.41, 5.74) is 2.64. The van der Waals surface area contributed by atoms with Gasteiger partial charge in [0.15, 0.2) is 0 Å². The molecule has 0 radical (unpaired) electrons. The Labute approximate surface area is 159 Å². The summed E-state index contributed by atoms with van der Waals surface area (Å²) < 4.78 is 5.70. The van der Waals surface area contributed by atoms with Crippen LogP contribution < -0.4 is 10.1 Å². The molecule has 140 valence electrons. The van der Waals surface area contributed by atoms with Crippen molar-refractivity contribution in [1.82, 2.24) is 4.90 Å². The Balaban J connectivity index is 1.78. The van der Waals surface area contributed by atoms with Crippen molar-refractivity contribution < 1.29 is 14.3 Å². The zero-order chi connectivity index (χ0) is 19.2. The van der Waals surface area contributed by atoms with Crippen molar-refractivity contribution >= 4 is 23.6 Å². The van der Waals surface area contributed by atoms with Crippen molar-refractivity contribution in [2.75, 3.05) is 11.9 Å². The van der Waals surface area contributed by atoms with Gasteiger partial charge in [0.05, 0.1) is 24.8 Å². The molecule has 2 aromatic rings. The summed E-state index contributed by atoms with van der Waals surface area (Å²) in [4.78, 5) is 26.4. The number of benzene rings is 2. The number of carbonyl (C=O) groups excluding carboxylic acids is 2. The molecule has 1 aliphatic rings. The summed E-state index contributed by atoms with van der Waals surface area (Å²) >= 11 is 0. The third-order valence-electron chi connectivity index (χ3n) is 4.47. The van der Waals surface area contributed by atoms with Crippen molar-refractivity contribution in [1.29, 1.82) is 0 Å². The molecule has 1 atom stereocenters. The molecule has 0 saturated heterocycles. The fraction of sp³-hybridized carbons (Fsp3) is 0.273. The molecule has 1 aliphatic heterocycles. The van der Waals surface area contributed by atoms with Crippen molar-refractivity contribution in [3.8, 4) is 5.75 Å². The highest BCUT2D eigenvalue weighted by molar-refractivity contribution is 5.93. The number of hydrogen-bond donors (Lipinski definition) is 1. The molecule has 2 aromatic carbocycles.